The highest BCUT2D eigenvalue weighted by Gasteiger charge is 2.33. The van der Waals surface area contributed by atoms with Gasteiger partial charge in [0.1, 0.15) is 0 Å². The molecule has 8 heteroatoms. The van der Waals surface area contributed by atoms with Crippen LogP contribution in [0, 0.1) is 0 Å². The van der Waals surface area contributed by atoms with Crippen LogP contribution in [0.3, 0.4) is 0 Å². The molecule has 31 heavy (non-hydrogen) atoms. The molecule has 0 saturated carbocycles. The number of hydrogen-bond donors (Lipinski definition) is 2. The minimum absolute atomic E-state index is 0.0409. The summed E-state index contributed by atoms with van der Waals surface area (Å²) in [6.07, 6.45) is 7.26. The Morgan fingerprint density at radius 3 is 2.65 bits per heavy atom. The van der Waals surface area contributed by atoms with E-state index in [2.05, 4.69) is 15.3 Å². The highest BCUT2D eigenvalue weighted by Crippen LogP contribution is 2.39. The van der Waals surface area contributed by atoms with Gasteiger partial charge in [0.15, 0.2) is 0 Å². The topological polar surface area (TPSA) is 90.7 Å². The summed E-state index contributed by atoms with van der Waals surface area (Å²) in [4.78, 5) is 27.8. The van der Waals surface area contributed by atoms with Crippen molar-refractivity contribution in [3.8, 4) is 11.1 Å². The Hall–Kier alpha value is -2.87. The molecule has 8 nitrogen and oxygen atoms in total. The molecule has 2 N–H and O–H groups in total. The van der Waals surface area contributed by atoms with Gasteiger partial charge in [-0.05, 0) is 62.5 Å². The van der Waals surface area contributed by atoms with Crippen LogP contribution in [0.25, 0.3) is 11.1 Å². The van der Waals surface area contributed by atoms with E-state index in [1.54, 1.807) is 11.8 Å². The lowest BCUT2D eigenvalue weighted by Crippen LogP contribution is -2.45. The van der Waals surface area contributed by atoms with Crippen molar-refractivity contribution in [2.24, 2.45) is 0 Å². The first-order chi connectivity index (χ1) is 14.9. The number of likely N-dealkylation sites (tertiary alicyclic amines) is 1. The molecule has 0 bridgehead atoms. The maximum Gasteiger partial charge on any atom is 0.405 e. The van der Waals surface area contributed by atoms with Gasteiger partial charge in [0, 0.05) is 37.0 Å². The number of benzene rings is 1. The van der Waals surface area contributed by atoms with Crippen LogP contribution in [0.4, 0.5) is 10.5 Å². The SMILES string of the molecule is CC(=O)N1c2ccc(-c3cnn(CCN4CCCCC4)c3)cc2C(NC(=O)O)CC1C. The molecule has 1 fully saturated rings. The number of piperidine rings is 1. The minimum Gasteiger partial charge on any atom is -0.465 e. The lowest BCUT2D eigenvalue weighted by atomic mass is 9.89. The van der Waals surface area contributed by atoms with E-state index < -0.39 is 6.09 Å². The van der Waals surface area contributed by atoms with Crippen molar-refractivity contribution in [1.29, 1.82) is 0 Å². The molecule has 2 aromatic rings. The van der Waals surface area contributed by atoms with Gasteiger partial charge >= 0.3 is 6.09 Å². The second kappa shape index (κ2) is 9.09. The molecule has 0 radical (unpaired) electrons. The number of hydrogen-bond acceptors (Lipinski definition) is 4. The molecule has 166 valence electrons. The predicted molar refractivity (Wildman–Crippen MR) is 119 cm³/mol. The fourth-order valence-corrected chi connectivity index (χ4v) is 4.87. The van der Waals surface area contributed by atoms with Gasteiger partial charge in [-0.25, -0.2) is 4.79 Å². The summed E-state index contributed by atoms with van der Waals surface area (Å²) in [7, 11) is 0. The maximum absolute atomic E-state index is 12.2. The first kappa shape index (κ1) is 21.4. The third-order valence-electron chi connectivity index (χ3n) is 6.38. The van der Waals surface area contributed by atoms with E-state index in [-0.39, 0.29) is 18.0 Å². The highest BCUT2D eigenvalue weighted by molar-refractivity contribution is 5.94. The summed E-state index contributed by atoms with van der Waals surface area (Å²) in [5.41, 5.74) is 3.56. The molecule has 2 unspecified atom stereocenters. The number of nitrogens with zero attached hydrogens (tertiary/aromatic N) is 4. The standard InChI is InChI=1S/C23H31N5O3/c1-16-12-21(25-23(30)31)20-13-18(6-7-22(20)28(16)17(2)29)19-14-24-27(15-19)11-10-26-8-4-3-5-9-26/h6-7,13-16,21,25H,3-5,8-12H2,1-2H3,(H,30,31). The Balaban J connectivity index is 1.56. The average Bonchev–Trinajstić information content (AvgIpc) is 3.21. The molecule has 0 aliphatic carbocycles. The lowest BCUT2D eigenvalue weighted by molar-refractivity contribution is -0.117. The van der Waals surface area contributed by atoms with Crippen LogP contribution < -0.4 is 10.2 Å². The van der Waals surface area contributed by atoms with Gasteiger partial charge in [-0.2, -0.15) is 5.10 Å². The number of fused-ring (bicyclic) bond motifs is 1. The van der Waals surface area contributed by atoms with E-state index in [0.717, 1.165) is 35.5 Å². The van der Waals surface area contributed by atoms with Crippen LogP contribution in [0.5, 0.6) is 0 Å². The zero-order chi connectivity index (χ0) is 22.0. The maximum atomic E-state index is 12.2. The lowest BCUT2D eigenvalue weighted by Gasteiger charge is -2.39. The molecule has 1 saturated heterocycles. The normalized spacial score (nSPS) is 21.5. The predicted octanol–water partition coefficient (Wildman–Crippen LogP) is 3.49. The fourth-order valence-electron chi connectivity index (χ4n) is 4.87. The minimum atomic E-state index is -1.06. The van der Waals surface area contributed by atoms with Gasteiger partial charge in [0.2, 0.25) is 5.91 Å². The molecular formula is C23H31N5O3. The van der Waals surface area contributed by atoms with Gasteiger partial charge in [0.25, 0.3) is 0 Å². The van der Waals surface area contributed by atoms with Crippen molar-refractivity contribution in [2.45, 2.75) is 58.2 Å². The average molecular weight is 426 g/mol. The van der Waals surface area contributed by atoms with Crippen LogP contribution in [-0.2, 0) is 11.3 Å². The molecular weight excluding hydrogens is 394 g/mol. The molecule has 2 aliphatic heterocycles. The number of amides is 2. The smallest absolute Gasteiger partial charge is 0.405 e. The first-order valence-electron chi connectivity index (χ1n) is 11.1. The Bertz CT molecular complexity index is 950. The number of carboxylic acid groups (broad SMARTS) is 1. The Morgan fingerprint density at radius 1 is 1.16 bits per heavy atom. The van der Waals surface area contributed by atoms with E-state index in [1.165, 1.54) is 32.4 Å². The summed E-state index contributed by atoms with van der Waals surface area (Å²) < 4.78 is 1.97. The van der Waals surface area contributed by atoms with Crippen molar-refractivity contribution >= 4 is 17.7 Å². The number of rotatable bonds is 5. The molecule has 2 atom stereocenters. The second-order valence-electron chi connectivity index (χ2n) is 8.64. The van der Waals surface area contributed by atoms with Crippen LogP contribution in [0.2, 0.25) is 0 Å². The molecule has 1 aromatic heterocycles. The van der Waals surface area contributed by atoms with Crippen LogP contribution in [0.15, 0.2) is 30.6 Å². The van der Waals surface area contributed by atoms with Gasteiger partial charge in [-0.15, -0.1) is 0 Å². The van der Waals surface area contributed by atoms with E-state index in [4.69, 9.17) is 0 Å². The fraction of sp³-hybridized carbons (Fsp3) is 0.522. The zero-order valence-electron chi connectivity index (χ0n) is 18.3. The number of carbonyl (C=O) groups excluding carboxylic acids is 1. The van der Waals surface area contributed by atoms with Crippen LogP contribution in [-0.4, -0.2) is 57.5 Å². The monoisotopic (exact) mass is 425 g/mol. The molecule has 2 amide bonds. The van der Waals surface area contributed by atoms with E-state index in [0.29, 0.717) is 6.42 Å². The summed E-state index contributed by atoms with van der Waals surface area (Å²) in [5, 5.41) is 16.4. The third kappa shape index (κ3) is 4.74. The van der Waals surface area contributed by atoms with Crippen molar-refractivity contribution in [2.75, 3.05) is 24.5 Å². The quantitative estimate of drug-likeness (QED) is 0.765. The molecule has 4 rings (SSSR count). The van der Waals surface area contributed by atoms with Crippen molar-refractivity contribution in [1.82, 2.24) is 20.0 Å². The summed E-state index contributed by atoms with van der Waals surface area (Å²) >= 11 is 0. The highest BCUT2D eigenvalue weighted by atomic mass is 16.4. The molecule has 3 heterocycles. The summed E-state index contributed by atoms with van der Waals surface area (Å²) in [5.74, 6) is -0.0409. The van der Waals surface area contributed by atoms with Gasteiger partial charge in [-0.3, -0.25) is 9.48 Å². The molecule has 2 aliphatic rings. The van der Waals surface area contributed by atoms with Gasteiger partial charge in [0.05, 0.1) is 18.8 Å². The Morgan fingerprint density at radius 2 is 1.94 bits per heavy atom. The van der Waals surface area contributed by atoms with Gasteiger partial charge in [-0.1, -0.05) is 12.5 Å². The number of nitrogens with one attached hydrogen (secondary N) is 1. The van der Waals surface area contributed by atoms with Crippen molar-refractivity contribution in [3.05, 3.63) is 36.2 Å². The Labute approximate surface area is 182 Å². The first-order valence-corrected chi connectivity index (χ1v) is 11.1. The summed E-state index contributed by atoms with van der Waals surface area (Å²) in [6.45, 7) is 7.68. The number of aromatic nitrogens is 2. The van der Waals surface area contributed by atoms with E-state index >= 15 is 0 Å². The van der Waals surface area contributed by atoms with Crippen molar-refractivity contribution in [3.63, 3.8) is 0 Å². The molecule has 0 spiro atoms. The number of anilines is 1. The van der Waals surface area contributed by atoms with Crippen LogP contribution >= 0.6 is 0 Å². The Kier molecular flexibility index (Phi) is 6.27. The van der Waals surface area contributed by atoms with E-state index in [1.807, 2.05) is 42.2 Å². The zero-order valence-corrected chi connectivity index (χ0v) is 18.3. The molecule has 1 aromatic carbocycles. The number of carbonyl (C=O) groups is 2. The van der Waals surface area contributed by atoms with Crippen LogP contribution in [0.1, 0.15) is 51.1 Å². The largest absolute Gasteiger partial charge is 0.465 e. The summed E-state index contributed by atoms with van der Waals surface area (Å²) in [6, 6.07) is 5.46. The second-order valence-corrected chi connectivity index (χ2v) is 8.64. The van der Waals surface area contributed by atoms with Crippen molar-refractivity contribution < 1.29 is 14.7 Å². The van der Waals surface area contributed by atoms with Gasteiger partial charge < -0.3 is 20.2 Å². The third-order valence-corrected chi connectivity index (χ3v) is 6.38. The van der Waals surface area contributed by atoms with E-state index in [9.17, 15) is 14.7 Å².